The fourth-order valence-electron chi connectivity index (χ4n) is 4.30. The van der Waals surface area contributed by atoms with Gasteiger partial charge in [0.25, 0.3) is 5.91 Å². The van der Waals surface area contributed by atoms with E-state index in [1.165, 1.54) is 6.20 Å². The third-order valence-electron chi connectivity index (χ3n) is 6.43. The molecular weight excluding hydrogens is 496 g/mol. The molecule has 198 valence electrons. The fraction of sp³-hybridized carbons (Fsp3) is 0.207. The zero-order valence-electron chi connectivity index (χ0n) is 21.2. The maximum absolute atomic E-state index is 12.7. The van der Waals surface area contributed by atoms with E-state index in [0.29, 0.717) is 29.9 Å². The summed E-state index contributed by atoms with van der Waals surface area (Å²) in [7, 11) is 0. The van der Waals surface area contributed by atoms with Gasteiger partial charge in [-0.05, 0) is 67.3 Å². The highest BCUT2D eigenvalue weighted by Gasteiger charge is 2.21. The maximum Gasteiger partial charge on any atom is 0.335 e. The molecule has 0 bridgehead atoms. The molecule has 1 amide bonds. The predicted molar refractivity (Wildman–Crippen MR) is 148 cm³/mol. The molecule has 1 aliphatic heterocycles. The van der Waals surface area contributed by atoms with Crippen molar-refractivity contribution in [2.45, 2.75) is 12.8 Å². The van der Waals surface area contributed by atoms with Gasteiger partial charge < -0.3 is 25.4 Å². The smallest absolute Gasteiger partial charge is 0.335 e. The number of pyridine rings is 1. The molecule has 0 atom stereocenters. The van der Waals surface area contributed by atoms with Crippen LogP contribution in [0.15, 0.2) is 85.2 Å². The summed E-state index contributed by atoms with van der Waals surface area (Å²) in [6.45, 7) is 2.21. The zero-order chi connectivity index (χ0) is 27.0. The molecule has 10 heteroatoms. The molecule has 3 heterocycles. The van der Waals surface area contributed by atoms with Crippen molar-refractivity contribution in [3.8, 4) is 5.75 Å². The van der Waals surface area contributed by atoms with E-state index in [1.807, 2.05) is 42.5 Å². The van der Waals surface area contributed by atoms with Gasteiger partial charge in [-0.1, -0.05) is 24.3 Å². The van der Waals surface area contributed by atoms with Crippen molar-refractivity contribution in [1.29, 1.82) is 0 Å². The number of amides is 1. The number of carbonyl (C=O) groups excluding carboxylic acids is 1. The Hall–Kier alpha value is -4.99. The van der Waals surface area contributed by atoms with Crippen LogP contribution in [0.2, 0.25) is 0 Å². The van der Waals surface area contributed by atoms with E-state index in [-0.39, 0.29) is 17.2 Å². The number of aromatic carboxylic acids is 1. The van der Waals surface area contributed by atoms with Crippen LogP contribution in [0.4, 0.5) is 23.1 Å². The molecule has 1 fully saturated rings. The Morgan fingerprint density at radius 3 is 2.51 bits per heavy atom. The van der Waals surface area contributed by atoms with Crippen LogP contribution in [0.5, 0.6) is 5.75 Å². The number of anilines is 4. The maximum atomic E-state index is 12.7. The Balaban J connectivity index is 1.11. The summed E-state index contributed by atoms with van der Waals surface area (Å²) in [4.78, 5) is 39.1. The number of rotatable bonds is 9. The Bertz CT molecular complexity index is 1420. The van der Waals surface area contributed by atoms with Gasteiger partial charge in [-0.25, -0.2) is 19.7 Å². The molecular formula is C29H28N6O4. The summed E-state index contributed by atoms with van der Waals surface area (Å²) >= 11 is 0. The number of carboxylic acids is 1. The third-order valence-corrected chi connectivity index (χ3v) is 6.43. The van der Waals surface area contributed by atoms with Crippen molar-refractivity contribution < 1.29 is 19.4 Å². The summed E-state index contributed by atoms with van der Waals surface area (Å²) < 4.78 is 5.85. The zero-order valence-corrected chi connectivity index (χ0v) is 21.2. The van der Waals surface area contributed by atoms with Crippen LogP contribution in [0.3, 0.4) is 0 Å². The largest absolute Gasteiger partial charge is 0.493 e. The van der Waals surface area contributed by atoms with Gasteiger partial charge in [0.15, 0.2) is 0 Å². The molecule has 0 radical (unpaired) electrons. The van der Waals surface area contributed by atoms with Crippen LogP contribution < -0.4 is 20.3 Å². The Labute approximate surface area is 225 Å². The highest BCUT2D eigenvalue weighted by molar-refractivity contribution is 6.03. The first kappa shape index (κ1) is 25.7. The van der Waals surface area contributed by atoms with Gasteiger partial charge in [-0.3, -0.25) is 4.79 Å². The first-order valence-electron chi connectivity index (χ1n) is 12.7. The Kier molecular flexibility index (Phi) is 7.92. The normalized spacial score (nSPS) is 13.5. The summed E-state index contributed by atoms with van der Waals surface area (Å²) in [6, 6.07) is 21.3. The van der Waals surface area contributed by atoms with Gasteiger partial charge in [0, 0.05) is 25.0 Å². The first-order chi connectivity index (χ1) is 19.0. The number of nitrogens with zero attached hydrogens (tertiary/aromatic N) is 4. The quantitative estimate of drug-likeness (QED) is 0.281. The van der Waals surface area contributed by atoms with Crippen molar-refractivity contribution in [1.82, 2.24) is 15.0 Å². The number of benzene rings is 2. The fourth-order valence-corrected chi connectivity index (χ4v) is 4.30. The predicted octanol–water partition coefficient (Wildman–Crippen LogP) is 4.86. The van der Waals surface area contributed by atoms with Gasteiger partial charge >= 0.3 is 5.97 Å². The minimum atomic E-state index is -0.967. The SMILES string of the molecule is O=C(O)c1cccc(OCC2CCN(c3ccc(NC(=O)c4ccnc(Nc5ccccc5)n4)cn3)CC2)c1. The average Bonchev–Trinajstić information content (AvgIpc) is 2.97. The molecule has 2 aromatic carbocycles. The molecule has 10 nitrogen and oxygen atoms in total. The number of carboxylic acid groups (broad SMARTS) is 1. The van der Waals surface area contributed by atoms with Crippen molar-refractivity contribution in [2.24, 2.45) is 5.92 Å². The molecule has 5 rings (SSSR count). The van der Waals surface area contributed by atoms with Gasteiger partial charge in [-0.15, -0.1) is 0 Å². The number of nitrogens with one attached hydrogen (secondary N) is 2. The monoisotopic (exact) mass is 524 g/mol. The van der Waals surface area contributed by atoms with Gasteiger partial charge in [0.1, 0.15) is 17.3 Å². The second-order valence-electron chi connectivity index (χ2n) is 9.19. The van der Waals surface area contributed by atoms with Crippen LogP contribution in [-0.2, 0) is 0 Å². The van der Waals surface area contributed by atoms with Crippen LogP contribution in [0.1, 0.15) is 33.7 Å². The second kappa shape index (κ2) is 12.0. The molecule has 0 unspecified atom stereocenters. The van der Waals surface area contributed by atoms with Crippen molar-refractivity contribution in [3.05, 3.63) is 96.4 Å². The minimum absolute atomic E-state index is 0.217. The molecule has 0 saturated carbocycles. The van der Waals surface area contributed by atoms with Crippen LogP contribution >= 0.6 is 0 Å². The topological polar surface area (TPSA) is 130 Å². The highest BCUT2D eigenvalue weighted by Crippen LogP contribution is 2.24. The van der Waals surface area contributed by atoms with Crippen LogP contribution in [-0.4, -0.2) is 51.6 Å². The van der Waals surface area contributed by atoms with E-state index in [1.54, 1.807) is 36.5 Å². The number of piperidine rings is 1. The number of hydrogen-bond acceptors (Lipinski definition) is 8. The molecule has 0 spiro atoms. The molecule has 3 N–H and O–H groups in total. The molecule has 4 aromatic rings. The van der Waals surface area contributed by atoms with Gasteiger partial charge in [-0.2, -0.15) is 0 Å². The van der Waals surface area contributed by atoms with Crippen LogP contribution in [0, 0.1) is 5.92 Å². The summed E-state index contributed by atoms with van der Waals surface area (Å²) in [5.41, 5.74) is 1.87. The van der Waals surface area contributed by atoms with Crippen molar-refractivity contribution in [2.75, 3.05) is 35.2 Å². The lowest BCUT2D eigenvalue weighted by atomic mass is 9.98. The number of ether oxygens (including phenoxy) is 1. The molecule has 1 saturated heterocycles. The highest BCUT2D eigenvalue weighted by atomic mass is 16.5. The Morgan fingerprint density at radius 2 is 1.77 bits per heavy atom. The van der Waals surface area contributed by atoms with E-state index in [4.69, 9.17) is 9.84 Å². The molecule has 39 heavy (non-hydrogen) atoms. The standard InChI is InChI=1S/C29H28N6O4/c36-27(25-11-14-30-29(34-25)33-22-6-2-1-3-7-22)32-23-9-10-26(31-18-23)35-15-12-20(13-16-35)19-39-24-8-4-5-21(17-24)28(37)38/h1-11,14,17-18,20H,12-13,15-16,19H2,(H,32,36)(H,37,38)(H,30,33,34). The number of carbonyl (C=O) groups is 2. The van der Waals surface area contributed by atoms with E-state index in [2.05, 4.69) is 30.5 Å². The van der Waals surface area contributed by atoms with E-state index in [0.717, 1.165) is 37.4 Å². The summed E-state index contributed by atoms with van der Waals surface area (Å²) in [5, 5.41) is 15.1. The third kappa shape index (κ3) is 6.86. The minimum Gasteiger partial charge on any atom is -0.493 e. The van der Waals surface area contributed by atoms with E-state index >= 15 is 0 Å². The van der Waals surface area contributed by atoms with E-state index < -0.39 is 5.97 Å². The number of aromatic nitrogens is 3. The number of hydrogen-bond donors (Lipinski definition) is 3. The average molecular weight is 525 g/mol. The van der Waals surface area contributed by atoms with Crippen molar-refractivity contribution in [3.63, 3.8) is 0 Å². The summed E-state index contributed by atoms with van der Waals surface area (Å²) in [6.07, 6.45) is 5.05. The van der Waals surface area contributed by atoms with E-state index in [9.17, 15) is 9.59 Å². The lowest BCUT2D eigenvalue weighted by Gasteiger charge is -2.32. The molecule has 0 aliphatic carbocycles. The van der Waals surface area contributed by atoms with Crippen molar-refractivity contribution >= 4 is 35.0 Å². The second-order valence-corrected chi connectivity index (χ2v) is 9.19. The number of para-hydroxylation sites is 1. The Morgan fingerprint density at radius 1 is 0.949 bits per heavy atom. The molecule has 1 aliphatic rings. The summed E-state index contributed by atoms with van der Waals surface area (Å²) in [5.74, 6) is 0.816. The lowest BCUT2D eigenvalue weighted by Crippen LogP contribution is -2.36. The lowest BCUT2D eigenvalue weighted by molar-refractivity contribution is 0.0696. The first-order valence-corrected chi connectivity index (χ1v) is 12.7. The molecule has 2 aromatic heterocycles. The van der Waals surface area contributed by atoms with Gasteiger partial charge in [0.05, 0.1) is 24.1 Å². The van der Waals surface area contributed by atoms with Crippen LogP contribution in [0.25, 0.3) is 0 Å². The van der Waals surface area contributed by atoms with Gasteiger partial charge in [0.2, 0.25) is 5.95 Å².